The second kappa shape index (κ2) is 29.3. The van der Waals surface area contributed by atoms with Gasteiger partial charge in [0, 0.05) is 41.1 Å². The molecule has 15 heavy (non-hydrogen) atoms. The number of nitroso groups, excluding NO2 is 1. The minimum absolute atomic E-state index is 0. The van der Waals surface area contributed by atoms with Gasteiger partial charge in [-0.3, -0.25) is 0 Å². The van der Waals surface area contributed by atoms with E-state index >= 15 is 0 Å². The number of allylic oxidation sites excluding steroid dienone is 2. The Labute approximate surface area is 112 Å². The van der Waals surface area contributed by atoms with Gasteiger partial charge in [0.2, 0.25) is 0 Å². The van der Waals surface area contributed by atoms with Crippen LogP contribution in [0.3, 0.4) is 0 Å². The fourth-order valence-electron chi connectivity index (χ4n) is 0.760. The number of hydrogen-bond donors (Lipinski definition) is 0. The topological polar surface area (TPSA) is 39.4 Å². The van der Waals surface area contributed by atoms with E-state index in [1.807, 2.05) is 0 Å². The van der Waals surface area contributed by atoms with Crippen molar-refractivity contribution < 1.29 is 21.1 Å². The molecule has 0 saturated carbocycles. The Morgan fingerprint density at radius 2 is 1.13 bits per heavy atom. The summed E-state index contributed by atoms with van der Waals surface area (Å²) in [5.41, 5.74) is 5.75. The van der Waals surface area contributed by atoms with Crippen LogP contribution in [-0.4, -0.2) is 20.0 Å². The van der Waals surface area contributed by atoms with E-state index in [0.717, 1.165) is 0 Å². The standard InChI is InChI=1S/C6H10.C3H9P.2CH3.NO.W/c1-2-4-6-5-3-1;1-4(2)3;;;1-2;/h1-2H,3-6H2;1-3H3;2*1H3;;/q;;3*-1;/p+1. The zero-order valence-corrected chi connectivity index (χ0v) is 14.7. The molecule has 0 aromatic carbocycles. The Morgan fingerprint density at radius 1 is 0.933 bits per heavy atom. The van der Waals surface area contributed by atoms with E-state index in [4.69, 9.17) is 10.5 Å². The van der Waals surface area contributed by atoms with E-state index in [0.29, 0.717) is 0 Å². The Kier molecular flexibility index (Phi) is 57.7. The first kappa shape index (κ1) is 29.5. The number of nitrogens with zero attached hydrogens (tertiary/aromatic N) is 1. The first-order chi connectivity index (χ1) is 5.73. The molecular weight excluding hydrogens is 377 g/mol. The largest absolute Gasteiger partial charge is 0.577 e. The zero-order valence-electron chi connectivity index (χ0n) is 10.7. The molecule has 94 valence electrons. The minimum Gasteiger partial charge on any atom is -0.577 e. The maximum atomic E-state index is 7.25. The van der Waals surface area contributed by atoms with Gasteiger partial charge in [-0.15, -0.1) is 0 Å². The monoisotopic (exact) mass is 403 g/mol. The summed E-state index contributed by atoms with van der Waals surface area (Å²) in [6.45, 7) is 6.81. The Balaban J connectivity index is -0.0000000339. The Morgan fingerprint density at radius 3 is 1.20 bits per heavy atom. The molecule has 0 N–H and O–H groups in total. The van der Waals surface area contributed by atoms with Crippen LogP contribution in [0.5, 0.6) is 0 Å². The molecule has 0 radical (unpaired) electrons. The van der Waals surface area contributed by atoms with Gasteiger partial charge in [-0.1, -0.05) is 12.2 Å². The first-order valence-electron chi connectivity index (χ1n) is 4.33. The summed E-state index contributed by atoms with van der Waals surface area (Å²) in [4.78, 5) is 7.25. The average Bonchev–Trinajstić information content (AvgIpc) is 2.10. The zero-order chi connectivity index (χ0) is 9.82. The van der Waals surface area contributed by atoms with E-state index in [1.54, 1.807) is 0 Å². The summed E-state index contributed by atoms with van der Waals surface area (Å²) < 4.78 is 0. The number of hydrogen-bond acceptors (Lipinski definition) is 1. The van der Waals surface area contributed by atoms with Crippen LogP contribution in [0, 0.1) is 19.8 Å². The second-order valence-corrected chi connectivity index (χ2v) is 6.26. The van der Waals surface area contributed by atoms with Crippen LogP contribution >= 0.6 is 7.92 Å². The van der Waals surface area contributed by atoms with Gasteiger partial charge < -0.3 is 25.4 Å². The summed E-state index contributed by atoms with van der Waals surface area (Å²) in [5, 5.41) is 0. The van der Waals surface area contributed by atoms with Gasteiger partial charge in [0.15, 0.2) is 0 Å². The molecule has 2 nitrogen and oxygen atoms in total. The molecule has 0 saturated heterocycles. The van der Waals surface area contributed by atoms with E-state index < -0.39 is 0 Å². The fraction of sp³-hybridized carbons (Fsp3) is 0.636. The number of rotatable bonds is 0. The van der Waals surface area contributed by atoms with Crippen LogP contribution < -0.4 is 0 Å². The van der Waals surface area contributed by atoms with Crippen molar-refractivity contribution >= 4 is 7.92 Å². The molecule has 0 bridgehead atoms. The van der Waals surface area contributed by atoms with Crippen LogP contribution in [0.1, 0.15) is 25.7 Å². The third-order valence-electron chi connectivity index (χ3n) is 1.16. The maximum Gasteiger partial charge on any atom is 0.0461 e. The molecule has 0 amide bonds. The minimum atomic E-state index is 0. The van der Waals surface area contributed by atoms with Crippen molar-refractivity contribution in [1.29, 1.82) is 0 Å². The van der Waals surface area contributed by atoms with Crippen LogP contribution in [0.25, 0.3) is 5.59 Å². The van der Waals surface area contributed by atoms with Crippen molar-refractivity contribution in [2.45, 2.75) is 25.7 Å². The molecule has 0 aromatic heterocycles. The van der Waals surface area contributed by atoms with Crippen LogP contribution in [0.15, 0.2) is 12.2 Å². The van der Waals surface area contributed by atoms with Crippen molar-refractivity contribution in [1.82, 2.24) is 0 Å². The fourth-order valence-corrected chi connectivity index (χ4v) is 0.760. The predicted molar refractivity (Wildman–Crippen MR) is 73.2 cm³/mol. The van der Waals surface area contributed by atoms with Crippen molar-refractivity contribution in [3.05, 3.63) is 37.5 Å². The van der Waals surface area contributed by atoms with E-state index in [-0.39, 0.29) is 43.8 Å². The van der Waals surface area contributed by atoms with Crippen molar-refractivity contribution in [3.8, 4) is 0 Å². The molecular formula is C11H26NOPW-2. The Bertz CT molecular complexity index is 100. The van der Waals surface area contributed by atoms with Crippen LogP contribution in [0.4, 0.5) is 0 Å². The average molecular weight is 403 g/mol. The van der Waals surface area contributed by atoms with Crippen molar-refractivity contribution in [2.75, 3.05) is 20.0 Å². The van der Waals surface area contributed by atoms with Gasteiger partial charge in [-0.2, -0.15) is 0 Å². The molecule has 4 heteroatoms. The van der Waals surface area contributed by atoms with E-state index in [9.17, 15) is 0 Å². The maximum absolute atomic E-state index is 7.25. The van der Waals surface area contributed by atoms with E-state index in [1.165, 1.54) is 25.7 Å². The molecule has 0 unspecified atom stereocenters. The third-order valence-corrected chi connectivity index (χ3v) is 1.16. The predicted octanol–water partition coefficient (Wildman–Crippen LogP) is 4.43. The molecule has 0 heterocycles. The summed E-state index contributed by atoms with van der Waals surface area (Å²) in [5.74, 6) is 0. The smallest absolute Gasteiger partial charge is 0.0461 e. The summed E-state index contributed by atoms with van der Waals surface area (Å²) in [7, 11) is 0.120. The van der Waals surface area contributed by atoms with Gasteiger partial charge in [-0.05, 0) is 33.6 Å². The van der Waals surface area contributed by atoms with Crippen LogP contribution in [0.2, 0.25) is 0 Å². The molecule has 1 rings (SSSR count). The molecule has 0 spiro atoms. The van der Waals surface area contributed by atoms with Crippen LogP contribution in [-0.2, 0) is 21.1 Å². The molecule has 0 atom stereocenters. The molecule has 0 aromatic rings. The van der Waals surface area contributed by atoms with Gasteiger partial charge in [0.1, 0.15) is 0 Å². The van der Waals surface area contributed by atoms with Crippen molar-refractivity contribution in [2.24, 2.45) is 0 Å². The third kappa shape index (κ3) is 53.8. The molecule has 0 fully saturated rings. The summed E-state index contributed by atoms with van der Waals surface area (Å²) in [6, 6.07) is 0. The quantitative estimate of drug-likeness (QED) is 0.335. The van der Waals surface area contributed by atoms with Crippen molar-refractivity contribution in [3.63, 3.8) is 0 Å². The van der Waals surface area contributed by atoms with Gasteiger partial charge in [0.05, 0.1) is 0 Å². The SMILES string of the molecule is C1=CCCCC1.C[PH+](C)C.[CH3-].[CH3-].[N-]=O.[W]. The first-order valence-corrected chi connectivity index (χ1v) is 7.33. The summed E-state index contributed by atoms with van der Waals surface area (Å²) >= 11 is 0. The normalized spacial score (nSPS) is 11.2. The molecule has 0 aliphatic heterocycles. The van der Waals surface area contributed by atoms with Gasteiger partial charge >= 0.3 is 0 Å². The Hall–Kier alpha value is 0.458. The van der Waals surface area contributed by atoms with Gasteiger partial charge in [-0.25, -0.2) is 0 Å². The second-order valence-electron chi connectivity index (χ2n) is 3.26. The molecule has 1 aliphatic carbocycles. The molecule has 1 aliphatic rings. The van der Waals surface area contributed by atoms with E-state index in [2.05, 4.69) is 32.1 Å². The van der Waals surface area contributed by atoms with Gasteiger partial charge in [0.25, 0.3) is 0 Å². The summed E-state index contributed by atoms with van der Waals surface area (Å²) in [6.07, 6.45) is 10.0.